The van der Waals surface area contributed by atoms with Crippen LogP contribution in [0, 0.1) is 6.92 Å². The van der Waals surface area contributed by atoms with Crippen LogP contribution in [0.2, 0.25) is 0 Å². The van der Waals surface area contributed by atoms with Gasteiger partial charge in [-0.2, -0.15) is 8.42 Å². The highest BCUT2D eigenvalue weighted by Gasteiger charge is 2.27. The van der Waals surface area contributed by atoms with E-state index in [1.54, 1.807) is 54.9 Å². The number of carbonyl (C=O) groups is 1. The minimum absolute atomic E-state index is 0.0681. The van der Waals surface area contributed by atoms with Crippen LogP contribution in [0.5, 0.6) is 5.75 Å². The number of fused-ring (bicyclic) bond motifs is 1. The summed E-state index contributed by atoms with van der Waals surface area (Å²) in [7, 11) is -3.90. The van der Waals surface area contributed by atoms with Gasteiger partial charge in [0.25, 0.3) is 5.91 Å². The summed E-state index contributed by atoms with van der Waals surface area (Å²) in [6.45, 7) is 5.39. The van der Waals surface area contributed by atoms with E-state index in [1.807, 2.05) is 13.0 Å². The van der Waals surface area contributed by atoms with Gasteiger partial charge >= 0.3 is 10.2 Å². The molecule has 184 valence electrons. The summed E-state index contributed by atoms with van der Waals surface area (Å²) in [6, 6.07) is 9.94. The van der Waals surface area contributed by atoms with E-state index in [0.29, 0.717) is 28.4 Å². The first-order chi connectivity index (χ1) is 16.5. The van der Waals surface area contributed by atoms with Gasteiger partial charge in [0, 0.05) is 18.0 Å². The highest BCUT2D eigenvalue weighted by atomic mass is 32.2. The smallest absolute Gasteiger partial charge is 0.344 e. The number of pyridine rings is 1. The SMILES string of the molecule is Cc1ccn(-c2cc(C(=O)NC(C)(C)COc3cccc4c3C(N)=NS(=O)(=O)N4)ccn2)c1CO. The number of aliphatic hydroxyl groups is 1. The molecule has 11 nitrogen and oxygen atoms in total. The van der Waals surface area contributed by atoms with E-state index in [0.717, 1.165) is 5.56 Å². The molecule has 3 aromatic rings. The molecule has 1 aliphatic heterocycles. The second kappa shape index (κ2) is 9.04. The largest absolute Gasteiger partial charge is 0.490 e. The Hall–Kier alpha value is -3.90. The lowest BCUT2D eigenvalue weighted by Gasteiger charge is -2.27. The number of rotatable bonds is 7. The van der Waals surface area contributed by atoms with E-state index in [1.165, 1.54) is 6.20 Å². The molecule has 0 saturated heterocycles. The lowest BCUT2D eigenvalue weighted by atomic mass is 10.1. The summed E-state index contributed by atoms with van der Waals surface area (Å²) in [5.74, 6) is 0.333. The van der Waals surface area contributed by atoms with Crippen LogP contribution in [-0.2, 0) is 16.8 Å². The van der Waals surface area contributed by atoms with Gasteiger partial charge in [0.1, 0.15) is 18.2 Å². The molecule has 1 amide bonds. The van der Waals surface area contributed by atoms with Gasteiger partial charge < -0.3 is 25.5 Å². The number of aliphatic hydroxyl groups excluding tert-OH is 1. The van der Waals surface area contributed by atoms with Gasteiger partial charge in [-0.05, 0) is 56.7 Å². The molecule has 0 spiro atoms. The number of ether oxygens (including phenoxy) is 1. The number of amides is 1. The molecular formula is C23H26N6O5S. The molecule has 5 N–H and O–H groups in total. The molecule has 3 heterocycles. The molecule has 12 heteroatoms. The van der Waals surface area contributed by atoms with Crippen LogP contribution < -0.4 is 20.5 Å². The van der Waals surface area contributed by atoms with Crippen molar-refractivity contribution in [1.82, 2.24) is 14.9 Å². The first kappa shape index (κ1) is 24.2. The lowest BCUT2D eigenvalue weighted by molar-refractivity contribution is 0.0880. The van der Waals surface area contributed by atoms with E-state index in [-0.39, 0.29) is 30.6 Å². The monoisotopic (exact) mass is 498 g/mol. The number of nitrogens with two attached hydrogens (primary N) is 1. The van der Waals surface area contributed by atoms with Crippen molar-refractivity contribution >= 4 is 27.6 Å². The number of nitrogens with zero attached hydrogens (tertiary/aromatic N) is 3. The highest BCUT2D eigenvalue weighted by molar-refractivity contribution is 7.91. The van der Waals surface area contributed by atoms with Crippen molar-refractivity contribution in [3.63, 3.8) is 0 Å². The molecule has 0 radical (unpaired) electrons. The van der Waals surface area contributed by atoms with Crippen LogP contribution in [-0.4, -0.2) is 47.0 Å². The summed E-state index contributed by atoms with van der Waals surface area (Å²) in [4.78, 5) is 17.3. The second-order valence-corrected chi connectivity index (χ2v) is 10.1. The first-order valence-corrected chi connectivity index (χ1v) is 12.1. The van der Waals surface area contributed by atoms with Crippen LogP contribution in [0.3, 0.4) is 0 Å². The van der Waals surface area contributed by atoms with Gasteiger partial charge in [-0.3, -0.25) is 9.52 Å². The first-order valence-electron chi connectivity index (χ1n) is 10.7. The maximum absolute atomic E-state index is 13.0. The van der Waals surface area contributed by atoms with Crippen molar-refractivity contribution in [1.29, 1.82) is 0 Å². The fourth-order valence-electron chi connectivity index (χ4n) is 3.68. The summed E-state index contributed by atoms with van der Waals surface area (Å²) in [5.41, 5.74) is 7.67. The van der Waals surface area contributed by atoms with Crippen molar-refractivity contribution in [2.24, 2.45) is 10.1 Å². The lowest BCUT2D eigenvalue weighted by Crippen LogP contribution is -2.48. The van der Waals surface area contributed by atoms with Gasteiger partial charge in [-0.15, -0.1) is 4.40 Å². The van der Waals surface area contributed by atoms with Crippen LogP contribution in [0.25, 0.3) is 5.82 Å². The van der Waals surface area contributed by atoms with E-state index in [9.17, 15) is 18.3 Å². The van der Waals surface area contributed by atoms with Crippen molar-refractivity contribution in [2.75, 3.05) is 11.3 Å². The molecule has 4 rings (SSSR count). The third kappa shape index (κ3) is 5.12. The van der Waals surface area contributed by atoms with Crippen LogP contribution in [0.4, 0.5) is 5.69 Å². The number of benzene rings is 1. The number of aromatic nitrogens is 2. The molecule has 1 aliphatic rings. The Balaban J connectivity index is 1.49. The van der Waals surface area contributed by atoms with Crippen molar-refractivity contribution in [3.8, 4) is 11.6 Å². The number of hydrogen-bond acceptors (Lipinski definition) is 7. The maximum atomic E-state index is 13.0. The third-order valence-corrected chi connectivity index (χ3v) is 6.32. The van der Waals surface area contributed by atoms with Gasteiger partial charge in [0.15, 0.2) is 5.84 Å². The van der Waals surface area contributed by atoms with Gasteiger partial charge in [-0.1, -0.05) is 6.07 Å². The molecule has 0 aliphatic carbocycles. The number of carbonyl (C=O) groups excluding carboxylic acids is 1. The fourth-order valence-corrected chi connectivity index (χ4v) is 4.52. The zero-order valence-corrected chi connectivity index (χ0v) is 20.3. The summed E-state index contributed by atoms with van der Waals surface area (Å²) >= 11 is 0. The van der Waals surface area contributed by atoms with Crippen molar-refractivity contribution in [3.05, 3.63) is 71.2 Å². The average Bonchev–Trinajstić information content (AvgIpc) is 3.16. The van der Waals surface area contributed by atoms with Crippen LogP contribution in [0.1, 0.15) is 41.0 Å². The number of nitrogens with one attached hydrogen (secondary N) is 2. The molecule has 0 atom stereocenters. The Bertz CT molecular complexity index is 1430. The molecule has 0 bridgehead atoms. The van der Waals surface area contributed by atoms with E-state index in [2.05, 4.69) is 19.4 Å². The van der Waals surface area contributed by atoms with Gasteiger partial charge in [0.2, 0.25) is 0 Å². The summed E-state index contributed by atoms with van der Waals surface area (Å²) < 4.78 is 37.0. The topological polar surface area (TPSA) is 161 Å². The standard InChI is InChI=1S/C23H26N6O5S/c1-14-8-10-29(17(14)12-30)19-11-15(7-9-25-19)22(31)26-23(2,3)13-34-18-6-4-5-16-20(18)21(24)28-35(32,33)27-16/h4-11,27,30H,12-13H2,1-3H3,(H2,24,28)(H,26,31). The number of anilines is 1. The maximum Gasteiger partial charge on any atom is 0.344 e. The van der Waals surface area contributed by atoms with E-state index >= 15 is 0 Å². The zero-order valence-electron chi connectivity index (χ0n) is 19.4. The predicted molar refractivity (Wildman–Crippen MR) is 131 cm³/mol. The van der Waals surface area contributed by atoms with Crippen molar-refractivity contribution in [2.45, 2.75) is 32.9 Å². The molecule has 2 aromatic heterocycles. The zero-order chi connectivity index (χ0) is 25.4. The number of aryl methyl sites for hydroxylation is 1. The quantitative estimate of drug-likeness (QED) is 0.385. The van der Waals surface area contributed by atoms with Crippen LogP contribution in [0.15, 0.2) is 53.2 Å². The molecule has 35 heavy (non-hydrogen) atoms. The van der Waals surface area contributed by atoms with E-state index in [4.69, 9.17) is 10.5 Å². The second-order valence-electron chi connectivity index (χ2n) is 8.74. The Morgan fingerprint density at radius 1 is 1.29 bits per heavy atom. The third-order valence-electron chi connectivity index (χ3n) is 5.40. The predicted octanol–water partition coefficient (Wildman–Crippen LogP) is 1.64. The number of amidine groups is 1. The minimum atomic E-state index is -3.90. The van der Waals surface area contributed by atoms with Gasteiger partial charge in [-0.25, -0.2) is 4.98 Å². The van der Waals surface area contributed by atoms with Crippen LogP contribution >= 0.6 is 0 Å². The Labute approximate surface area is 202 Å². The Morgan fingerprint density at radius 2 is 2.06 bits per heavy atom. The normalized spacial score (nSPS) is 14.5. The Kier molecular flexibility index (Phi) is 6.26. The van der Waals surface area contributed by atoms with Crippen molar-refractivity contribution < 1.29 is 23.1 Å². The van der Waals surface area contributed by atoms with Gasteiger partial charge in [0.05, 0.1) is 29.1 Å². The summed E-state index contributed by atoms with van der Waals surface area (Å²) in [5, 5.41) is 12.6. The summed E-state index contributed by atoms with van der Waals surface area (Å²) in [6.07, 6.45) is 3.32. The number of hydrogen-bond donors (Lipinski definition) is 4. The fraction of sp³-hybridized carbons (Fsp3) is 0.261. The molecule has 1 aromatic carbocycles. The molecule has 0 saturated carbocycles. The average molecular weight is 499 g/mol. The molecule has 0 unspecified atom stereocenters. The Morgan fingerprint density at radius 3 is 2.80 bits per heavy atom. The highest BCUT2D eigenvalue weighted by Crippen LogP contribution is 2.31. The van der Waals surface area contributed by atoms with E-state index < -0.39 is 15.7 Å². The molecular weight excluding hydrogens is 472 g/mol. The minimum Gasteiger partial charge on any atom is -0.490 e. The molecule has 0 fully saturated rings.